The molecule has 7 heteroatoms. The second-order valence-corrected chi connectivity index (χ2v) is 4.74. The predicted molar refractivity (Wildman–Crippen MR) is 79.8 cm³/mol. The number of carbonyl (C=O) groups excluding carboxylic acids is 1. The Morgan fingerprint density at radius 1 is 1.38 bits per heavy atom. The van der Waals surface area contributed by atoms with Crippen LogP contribution < -0.4 is 10.6 Å². The molecule has 0 spiro atoms. The average Bonchev–Trinajstić information content (AvgIpc) is 2.48. The third kappa shape index (κ3) is 4.70. The molecular weight excluding hydrogens is 296 g/mol. The third-order valence-electron chi connectivity index (χ3n) is 3.25. The summed E-state index contributed by atoms with van der Waals surface area (Å²) in [6, 6.07) is 5.96. The number of hydrogen-bond donors (Lipinski definition) is 3. The number of rotatable bonds is 4. The number of hydrogen-bond acceptors (Lipinski definition) is 4. The Bertz CT molecular complexity index is 486. The van der Waals surface area contributed by atoms with Gasteiger partial charge in [0.15, 0.2) is 0 Å². The molecule has 0 unspecified atom stereocenters. The van der Waals surface area contributed by atoms with Gasteiger partial charge in [-0.25, -0.2) is 4.79 Å². The topological polar surface area (TPSA) is 87.7 Å². The summed E-state index contributed by atoms with van der Waals surface area (Å²) in [5.74, 6) is -1.07. The third-order valence-corrected chi connectivity index (χ3v) is 3.25. The molecule has 1 amide bonds. The van der Waals surface area contributed by atoms with E-state index in [0.29, 0.717) is 19.8 Å². The van der Waals surface area contributed by atoms with Crippen molar-refractivity contribution in [2.24, 2.45) is 0 Å². The molecule has 0 bridgehead atoms. The minimum Gasteiger partial charge on any atom is -0.478 e. The highest BCUT2D eigenvalue weighted by Crippen LogP contribution is 2.13. The Balaban J connectivity index is 0.00000220. The first kappa shape index (κ1) is 17.4. The number of halogens is 1. The summed E-state index contributed by atoms with van der Waals surface area (Å²) in [7, 11) is 0. The molecule has 2 rings (SSSR count). The molecule has 1 heterocycles. The van der Waals surface area contributed by atoms with Gasteiger partial charge in [0.05, 0.1) is 24.8 Å². The molecule has 0 radical (unpaired) electrons. The van der Waals surface area contributed by atoms with Crippen LogP contribution in [-0.2, 0) is 9.53 Å². The standard InChI is InChI=1S/C14H18N2O4.ClH/c1-9(10-2-4-11(5-3-10)14(18)19)16-13(17)12-8-20-7-6-15-12;/h2-5,9,12,15H,6-8H2,1H3,(H,16,17)(H,18,19);1H/t9-,12-;/m1./s1. The highest BCUT2D eigenvalue weighted by molar-refractivity contribution is 5.87. The quantitative estimate of drug-likeness (QED) is 0.771. The van der Waals surface area contributed by atoms with E-state index >= 15 is 0 Å². The second-order valence-electron chi connectivity index (χ2n) is 4.74. The Kier molecular flexibility index (Phi) is 6.61. The smallest absolute Gasteiger partial charge is 0.335 e. The number of amides is 1. The van der Waals surface area contributed by atoms with E-state index in [0.717, 1.165) is 5.56 Å². The molecule has 0 aromatic heterocycles. The van der Waals surface area contributed by atoms with Crippen LogP contribution in [0.4, 0.5) is 0 Å². The first-order valence-corrected chi connectivity index (χ1v) is 6.52. The zero-order chi connectivity index (χ0) is 14.5. The summed E-state index contributed by atoms with van der Waals surface area (Å²) < 4.78 is 5.24. The number of benzene rings is 1. The van der Waals surface area contributed by atoms with Crippen molar-refractivity contribution < 1.29 is 19.4 Å². The highest BCUT2D eigenvalue weighted by Gasteiger charge is 2.22. The van der Waals surface area contributed by atoms with E-state index in [1.807, 2.05) is 6.92 Å². The molecule has 0 aliphatic carbocycles. The Labute approximate surface area is 129 Å². The summed E-state index contributed by atoms with van der Waals surface area (Å²) in [5.41, 5.74) is 1.09. The Hall–Kier alpha value is -1.63. The van der Waals surface area contributed by atoms with Gasteiger partial charge in [0.2, 0.25) is 5.91 Å². The van der Waals surface area contributed by atoms with E-state index in [1.165, 1.54) is 12.1 Å². The van der Waals surface area contributed by atoms with Gasteiger partial charge in [0.1, 0.15) is 6.04 Å². The first-order chi connectivity index (χ1) is 9.58. The van der Waals surface area contributed by atoms with Crippen LogP contribution in [0.1, 0.15) is 28.9 Å². The van der Waals surface area contributed by atoms with Crippen molar-refractivity contribution in [3.63, 3.8) is 0 Å². The second kappa shape index (κ2) is 7.97. The lowest BCUT2D eigenvalue weighted by atomic mass is 10.1. The maximum Gasteiger partial charge on any atom is 0.335 e. The van der Waals surface area contributed by atoms with E-state index in [9.17, 15) is 9.59 Å². The zero-order valence-electron chi connectivity index (χ0n) is 11.7. The molecule has 1 saturated heterocycles. The van der Waals surface area contributed by atoms with Gasteiger partial charge in [-0.15, -0.1) is 12.4 Å². The highest BCUT2D eigenvalue weighted by atomic mass is 35.5. The molecule has 3 N–H and O–H groups in total. The molecule has 1 aliphatic heterocycles. The minimum atomic E-state index is -0.961. The summed E-state index contributed by atoms with van der Waals surface area (Å²) in [6.45, 7) is 3.52. The van der Waals surface area contributed by atoms with Crippen LogP contribution in [0.15, 0.2) is 24.3 Å². The van der Waals surface area contributed by atoms with Crippen molar-refractivity contribution in [1.82, 2.24) is 10.6 Å². The number of nitrogens with one attached hydrogen (secondary N) is 2. The molecule has 1 aliphatic rings. The van der Waals surface area contributed by atoms with Crippen molar-refractivity contribution >= 4 is 24.3 Å². The lowest BCUT2D eigenvalue weighted by Gasteiger charge is -2.25. The van der Waals surface area contributed by atoms with Crippen LogP contribution in [0.2, 0.25) is 0 Å². The summed E-state index contributed by atoms with van der Waals surface area (Å²) in [5, 5.41) is 14.8. The van der Waals surface area contributed by atoms with Crippen LogP contribution in [-0.4, -0.2) is 42.8 Å². The van der Waals surface area contributed by atoms with Crippen LogP contribution in [0.5, 0.6) is 0 Å². The number of carbonyl (C=O) groups is 2. The van der Waals surface area contributed by atoms with Gasteiger partial charge in [-0.05, 0) is 24.6 Å². The minimum absolute atomic E-state index is 0. The average molecular weight is 315 g/mol. The van der Waals surface area contributed by atoms with E-state index in [2.05, 4.69) is 10.6 Å². The van der Waals surface area contributed by atoms with Gasteiger partial charge < -0.3 is 20.5 Å². The Morgan fingerprint density at radius 3 is 2.57 bits per heavy atom. The van der Waals surface area contributed by atoms with Gasteiger partial charge in [0, 0.05) is 6.54 Å². The maximum atomic E-state index is 12.0. The van der Waals surface area contributed by atoms with Crippen molar-refractivity contribution in [3.8, 4) is 0 Å². The van der Waals surface area contributed by atoms with E-state index < -0.39 is 5.97 Å². The van der Waals surface area contributed by atoms with Crippen molar-refractivity contribution in [1.29, 1.82) is 0 Å². The lowest BCUT2D eigenvalue weighted by Crippen LogP contribution is -2.51. The predicted octanol–water partition coefficient (Wildman–Crippen LogP) is 0.972. The normalized spacial score (nSPS) is 19.2. The summed E-state index contributed by atoms with van der Waals surface area (Å²) >= 11 is 0. The van der Waals surface area contributed by atoms with Crippen LogP contribution in [0.3, 0.4) is 0 Å². The molecule has 1 fully saturated rings. The van der Waals surface area contributed by atoms with Crippen molar-refractivity contribution in [2.75, 3.05) is 19.8 Å². The number of carboxylic acid groups (broad SMARTS) is 1. The fourth-order valence-corrected chi connectivity index (χ4v) is 2.05. The number of ether oxygens (including phenoxy) is 1. The SMILES string of the molecule is C[C@@H](NC(=O)[C@H]1COCCN1)c1ccc(C(=O)O)cc1.Cl. The van der Waals surface area contributed by atoms with Crippen molar-refractivity contribution in [3.05, 3.63) is 35.4 Å². The zero-order valence-corrected chi connectivity index (χ0v) is 12.5. The van der Waals surface area contributed by atoms with Crippen LogP contribution >= 0.6 is 12.4 Å². The largest absolute Gasteiger partial charge is 0.478 e. The fourth-order valence-electron chi connectivity index (χ4n) is 2.05. The maximum absolute atomic E-state index is 12.0. The van der Waals surface area contributed by atoms with E-state index in [4.69, 9.17) is 9.84 Å². The van der Waals surface area contributed by atoms with Gasteiger partial charge in [-0.1, -0.05) is 12.1 Å². The molecule has 1 aromatic carbocycles. The monoisotopic (exact) mass is 314 g/mol. The van der Waals surface area contributed by atoms with Crippen LogP contribution in [0.25, 0.3) is 0 Å². The van der Waals surface area contributed by atoms with Gasteiger partial charge in [-0.2, -0.15) is 0 Å². The van der Waals surface area contributed by atoms with E-state index in [-0.39, 0.29) is 36.0 Å². The van der Waals surface area contributed by atoms with Gasteiger partial charge in [-0.3, -0.25) is 4.79 Å². The summed E-state index contributed by atoms with van der Waals surface area (Å²) in [6.07, 6.45) is 0. The van der Waals surface area contributed by atoms with Crippen molar-refractivity contribution in [2.45, 2.75) is 19.0 Å². The molecule has 116 valence electrons. The summed E-state index contributed by atoms with van der Waals surface area (Å²) in [4.78, 5) is 22.8. The van der Waals surface area contributed by atoms with Gasteiger partial charge in [0.25, 0.3) is 0 Å². The molecule has 21 heavy (non-hydrogen) atoms. The number of morpholine rings is 1. The lowest BCUT2D eigenvalue weighted by molar-refractivity contribution is -0.126. The van der Waals surface area contributed by atoms with E-state index in [1.54, 1.807) is 12.1 Å². The first-order valence-electron chi connectivity index (χ1n) is 6.52. The molecule has 6 nitrogen and oxygen atoms in total. The molecule has 0 saturated carbocycles. The molecule has 2 atom stereocenters. The fraction of sp³-hybridized carbons (Fsp3) is 0.429. The Morgan fingerprint density at radius 2 is 2.05 bits per heavy atom. The number of carboxylic acids is 1. The van der Waals surface area contributed by atoms with Gasteiger partial charge >= 0.3 is 5.97 Å². The molecular formula is C14H19ClN2O4. The van der Waals surface area contributed by atoms with Crippen LogP contribution in [0, 0.1) is 0 Å². The number of aromatic carboxylic acids is 1. The molecule has 1 aromatic rings.